The Labute approximate surface area is 124 Å². The van der Waals surface area contributed by atoms with E-state index in [-0.39, 0.29) is 0 Å². The molecule has 0 saturated heterocycles. The predicted octanol–water partition coefficient (Wildman–Crippen LogP) is 5.77. The summed E-state index contributed by atoms with van der Waals surface area (Å²) in [6.45, 7) is 4.55. The lowest BCUT2D eigenvalue weighted by Crippen LogP contribution is -2.01. The van der Waals surface area contributed by atoms with Crippen molar-refractivity contribution in [3.05, 3.63) is 64.7 Å². The second-order valence-electron chi connectivity index (χ2n) is 6.24. The normalized spacial score (nSPS) is 13.8. The van der Waals surface area contributed by atoms with E-state index >= 15 is 0 Å². The smallest absolute Gasteiger partial charge is 0.00150 e. The maximum atomic E-state index is 2.36. The van der Waals surface area contributed by atoms with Gasteiger partial charge in [0.15, 0.2) is 0 Å². The molecule has 100 valence electrons. The second-order valence-corrected chi connectivity index (χ2v) is 6.24. The Kier molecular flexibility index (Phi) is 1.97. The molecule has 0 fully saturated rings. The SMILES string of the molecule is Cc1c(C)c2ccc3cccc4cc5c(c1CC=C5)c2c34. The molecule has 0 aliphatic heterocycles. The zero-order chi connectivity index (χ0) is 14.1. The van der Waals surface area contributed by atoms with E-state index in [1.165, 1.54) is 54.6 Å². The van der Waals surface area contributed by atoms with Gasteiger partial charge in [0, 0.05) is 0 Å². The third-order valence-electron chi connectivity index (χ3n) is 5.27. The molecule has 0 atom stereocenters. The molecule has 0 saturated carbocycles. The van der Waals surface area contributed by atoms with Crippen LogP contribution in [-0.4, -0.2) is 0 Å². The van der Waals surface area contributed by atoms with Crippen LogP contribution in [0.2, 0.25) is 0 Å². The van der Waals surface area contributed by atoms with Crippen molar-refractivity contribution in [3.8, 4) is 0 Å². The summed E-state index contributed by atoms with van der Waals surface area (Å²) in [5.74, 6) is 0. The molecule has 4 aromatic carbocycles. The molecule has 0 unspecified atom stereocenters. The summed E-state index contributed by atoms with van der Waals surface area (Å²) in [6.07, 6.45) is 5.67. The van der Waals surface area contributed by atoms with Crippen LogP contribution in [0, 0.1) is 13.8 Å². The molecule has 5 rings (SSSR count). The van der Waals surface area contributed by atoms with Crippen molar-refractivity contribution in [2.75, 3.05) is 0 Å². The Bertz CT molecular complexity index is 1060. The predicted molar refractivity (Wildman–Crippen MR) is 92.4 cm³/mol. The number of allylic oxidation sites excluding steroid dienone is 1. The fraction of sp³-hybridized carbons (Fsp3) is 0.143. The molecule has 0 heteroatoms. The van der Waals surface area contributed by atoms with Crippen molar-refractivity contribution < 1.29 is 0 Å². The highest BCUT2D eigenvalue weighted by Crippen LogP contribution is 2.43. The van der Waals surface area contributed by atoms with Crippen LogP contribution < -0.4 is 0 Å². The third kappa shape index (κ3) is 1.26. The first-order valence-electron chi connectivity index (χ1n) is 7.62. The third-order valence-corrected chi connectivity index (χ3v) is 5.27. The Morgan fingerprint density at radius 3 is 2.57 bits per heavy atom. The summed E-state index contributed by atoms with van der Waals surface area (Å²) in [5.41, 5.74) is 5.81. The minimum Gasteiger partial charge on any atom is -0.0795 e. The van der Waals surface area contributed by atoms with Gasteiger partial charge in [-0.1, -0.05) is 42.5 Å². The summed E-state index contributed by atoms with van der Waals surface area (Å²) in [6, 6.07) is 13.6. The molecule has 21 heavy (non-hydrogen) atoms. The monoisotopic (exact) mass is 268 g/mol. The van der Waals surface area contributed by atoms with Crippen LogP contribution in [0.15, 0.2) is 42.5 Å². The van der Waals surface area contributed by atoms with Gasteiger partial charge in [0.2, 0.25) is 0 Å². The van der Waals surface area contributed by atoms with E-state index in [0.717, 1.165) is 6.42 Å². The fourth-order valence-electron chi connectivity index (χ4n) is 4.12. The van der Waals surface area contributed by atoms with Crippen molar-refractivity contribution >= 4 is 38.4 Å². The van der Waals surface area contributed by atoms with Crippen molar-refractivity contribution in [2.24, 2.45) is 0 Å². The van der Waals surface area contributed by atoms with E-state index in [1.807, 2.05) is 0 Å². The van der Waals surface area contributed by atoms with Crippen LogP contribution in [0.1, 0.15) is 22.3 Å². The minimum absolute atomic E-state index is 1.06. The Morgan fingerprint density at radius 2 is 1.67 bits per heavy atom. The van der Waals surface area contributed by atoms with E-state index < -0.39 is 0 Å². The maximum absolute atomic E-state index is 2.36. The lowest BCUT2D eigenvalue weighted by atomic mass is 9.82. The molecular weight excluding hydrogens is 252 g/mol. The molecule has 1 aliphatic carbocycles. The van der Waals surface area contributed by atoms with E-state index in [9.17, 15) is 0 Å². The van der Waals surface area contributed by atoms with E-state index in [1.54, 1.807) is 0 Å². The Balaban J connectivity index is 2.25. The zero-order valence-electron chi connectivity index (χ0n) is 12.3. The van der Waals surface area contributed by atoms with Crippen LogP contribution in [0.5, 0.6) is 0 Å². The van der Waals surface area contributed by atoms with Crippen LogP contribution in [0.25, 0.3) is 38.4 Å². The largest absolute Gasteiger partial charge is 0.0795 e. The van der Waals surface area contributed by atoms with Gasteiger partial charge in [-0.25, -0.2) is 0 Å². The Hall–Kier alpha value is -2.34. The number of hydrogen-bond acceptors (Lipinski definition) is 0. The first-order valence-corrected chi connectivity index (χ1v) is 7.62. The zero-order valence-corrected chi connectivity index (χ0v) is 12.3. The van der Waals surface area contributed by atoms with Crippen molar-refractivity contribution in [3.63, 3.8) is 0 Å². The van der Waals surface area contributed by atoms with Crippen LogP contribution in [0.4, 0.5) is 0 Å². The van der Waals surface area contributed by atoms with Gasteiger partial charge in [-0.3, -0.25) is 0 Å². The first kappa shape index (κ1) is 11.3. The highest BCUT2D eigenvalue weighted by atomic mass is 14.2. The van der Waals surface area contributed by atoms with Gasteiger partial charge in [0.1, 0.15) is 0 Å². The highest BCUT2D eigenvalue weighted by molar-refractivity contribution is 6.26. The minimum atomic E-state index is 1.06. The van der Waals surface area contributed by atoms with Gasteiger partial charge >= 0.3 is 0 Å². The summed E-state index contributed by atoms with van der Waals surface area (Å²) < 4.78 is 0. The van der Waals surface area contributed by atoms with Gasteiger partial charge in [-0.2, -0.15) is 0 Å². The van der Waals surface area contributed by atoms with E-state index in [4.69, 9.17) is 0 Å². The molecule has 4 aromatic rings. The fourth-order valence-corrected chi connectivity index (χ4v) is 4.12. The van der Waals surface area contributed by atoms with E-state index in [0.29, 0.717) is 0 Å². The second kappa shape index (κ2) is 3.65. The number of aryl methyl sites for hydroxylation is 1. The molecule has 0 amide bonds. The first-order chi connectivity index (χ1) is 10.3. The average molecular weight is 268 g/mol. The summed E-state index contributed by atoms with van der Waals surface area (Å²) >= 11 is 0. The number of benzene rings is 4. The van der Waals surface area contributed by atoms with Gasteiger partial charge in [0.05, 0.1) is 0 Å². The molecule has 1 aliphatic rings. The number of hydrogen-bond donors (Lipinski definition) is 0. The van der Waals surface area contributed by atoms with Crippen LogP contribution in [0.3, 0.4) is 0 Å². The average Bonchev–Trinajstić information content (AvgIpc) is 2.52. The van der Waals surface area contributed by atoms with Crippen molar-refractivity contribution in [1.29, 1.82) is 0 Å². The topological polar surface area (TPSA) is 0 Å². The summed E-state index contributed by atoms with van der Waals surface area (Å²) in [5, 5.41) is 8.54. The standard InChI is InChI=1S/C21H16/c1-12-13(2)18-10-9-14-5-3-6-15-11-16-7-4-8-17(12)20(16)21(18)19(14)15/h3-7,9-11H,8H2,1-2H3. The van der Waals surface area contributed by atoms with E-state index in [2.05, 4.69) is 62.4 Å². The maximum Gasteiger partial charge on any atom is -0.00150 e. The lowest BCUT2D eigenvalue weighted by Gasteiger charge is -2.22. The quantitative estimate of drug-likeness (QED) is 0.355. The number of rotatable bonds is 0. The molecule has 0 radical (unpaired) electrons. The molecule has 0 heterocycles. The molecule has 0 N–H and O–H groups in total. The summed E-state index contributed by atoms with van der Waals surface area (Å²) in [4.78, 5) is 0. The molecule has 0 nitrogen and oxygen atoms in total. The highest BCUT2D eigenvalue weighted by Gasteiger charge is 2.19. The van der Waals surface area contributed by atoms with Gasteiger partial charge in [0.25, 0.3) is 0 Å². The van der Waals surface area contributed by atoms with Crippen LogP contribution in [-0.2, 0) is 6.42 Å². The van der Waals surface area contributed by atoms with Gasteiger partial charge in [-0.15, -0.1) is 0 Å². The lowest BCUT2D eigenvalue weighted by molar-refractivity contribution is 1.21. The van der Waals surface area contributed by atoms with Gasteiger partial charge in [-0.05, 0) is 80.9 Å². The molecular formula is C21H16. The molecule has 0 aromatic heterocycles. The summed E-state index contributed by atoms with van der Waals surface area (Å²) in [7, 11) is 0. The van der Waals surface area contributed by atoms with Crippen LogP contribution >= 0.6 is 0 Å². The van der Waals surface area contributed by atoms with Gasteiger partial charge < -0.3 is 0 Å². The van der Waals surface area contributed by atoms with Crippen molar-refractivity contribution in [2.45, 2.75) is 20.3 Å². The molecule has 0 spiro atoms. The Morgan fingerprint density at radius 1 is 0.810 bits per heavy atom. The molecule has 0 bridgehead atoms. The van der Waals surface area contributed by atoms with Crippen molar-refractivity contribution in [1.82, 2.24) is 0 Å².